The second-order valence-electron chi connectivity index (χ2n) is 8.16. The zero-order valence-corrected chi connectivity index (χ0v) is 18.1. The Morgan fingerprint density at radius 3 is 2.37 bits per heavy atom. The zero-order valence-electron chi connectivity index (χ0n) is 18.1. The van der Waals surface area contributed by atoms with Gasteiger partial charge in [-0.15, -0.1) is 0 Å². The summed E-state index contributed by atoms with van der Waals surface area (Å²) in [6.07, 6.45) is 0.968. The number of benzene rings is 2. The molecule has 1 fully saturated rings. The molecular weight excluding hydrogens is 372 g/mol. The fraction of sp³-hybridized carbons (Fsp3) is 0.360. The number of carbonyl (C=O) groups excluding carboxylic acids is 1. The summed E-state index contributed by atoms with van der Waals surface area (Å²) in [5.74, 6) is 0.107. The van der Waals surface area contributed by atoms with Crippen LogP contribution >= 0.6 is 0 Å². The summed E-state index contributed by atoms with van der Waals surface area (Å²) < 4.78 is 1.95. The first-order chi connectivity index (χ1) is 14.5. The van der Waals surface area contributed by atoms with Gasteiger partial charge in [-0.25, -0.2) is 0 Å². The van der Waals surface area contributed by atoms with Crippen molar-refractivity contribution in [1.82, 2.24) is 14.7 Å². The quantitative estimate of drug-likeness (QED) is 0.656. The van der Waals surface area contributed by atoms with Crippen LogP contribution in [0.4, 0.5) is 5.69 Å². The van der Waals surface area contributed by atoms with Crippen molar-refractivity contribution in [1.29, 1.82) is 0 Å². The van der Waals surface area contributed by atoms with Crippen molar-refractivity contribution in [3.05, 3.63) is 82.7 Å². The molecule has 156 valence electrons. The lowest BCUT2D eigenvalue weighted by Crippen LogP contribution is -2.35. The molecule has 0 aliphatic carbocycles. The van der Waals surface area contributed by atoms with Crippen LogP contribution in [0.15, 0.2) is 54.6 Å². The van der Waals surface area contributed by atoms with Crippen LogP contribution in [0.2, 0.25) is 0 Å². The van der Waals surface area contributed by atoms with Gasteiger partial charge in [0.15, 0.2) is 0 Å². The number of nitrogens with zero attached hydrogens (tertiary/aromatic N) is 4. The first kappa shape index (κ1) is 20.2. The van der Waals surface area contributed by atoms with E-state index >= 15 is 0 Å². The Balaban J connectivity index is 1.48. The smallest absolute Gasteiger partial charge is 0.257 e. The molecule has 1 aromatic heterocycles. The van der Waals surface area contributed by atoms with Crippen LogP contribution in [0, 0.1) is 20.8 Å². The molecule has 4 rings (SSSR count). The van der Waals surface area contributed by atoms with Crippen molar-refractivity contribution < 1.29 is 4.79 Å². The highest BCUT2D eigenvalue weighted by atomic mass is 16.2. The number of hydrogen-bond donors (Lipinski definition) is 0. The van der Waals surface area contributed by atoms with Gasteiger partial charge in [-0.3, -0.25) is 9.48 Å². The summed E-state index contributed by atoms with van der Waals surface area (Å²) in [7, 11) is 0. The number of rotatable bonds is 4. The van der Waals surface area contributed by atoms with Crippen LogP contribution in [0.1, 0.15) is 39.3 Å². The van der Waals surface area contributed by atoms with E-state index in [0.29, 0.717) is 6.54 Å². The van der Waals surface area contributed by atoms with Crippen LogP contribution in [-0.2, 0) is 6.54 Å². The first-order valence-corrected chi connectivity index (χ1v) is 10.7. The highest BCUT2D eigenvalue weighted by molar-refractivity contribution is 5.96. The van der Waals surface area contributed by atoms with Crippen molar-refractivity contribution in [2.75, 3.05) is 31.1 Å². The Morgan fingerprint density at radius 2 is 1.63 bits per heavy atom. The predicted molar refractivity (Wildman–Crippen MR) is 121 cm³/mol. The van der Waals surface area contributed by atoms with Crippen LogP contribution in [0.3, 0.4) is 0 Å². The molecule has 5 nitrogen and oxygen atoms in total. The van der Waals surface area contributed by atoms with Crippen LogP contribution in [0.25, 0.3) is 0 Å². The molecule has 1 aliphatic heterocycles. The fourth-order valence-corrected chi connectivity index (χ4v) is 4.21. The molecule has 3 aromatic rings. The van der Waals surface area contributed by atoms with Crippen molar-refractivity contribution in [3.63, 3.8) is 0 Å². The Morgan fingerprint density at radius 1 is 0.900 bits per heavy atom. The molecule has 5 heteroatoms. The maximum absolute atomic E-state index is 13.4. The molecule has 0 saturated carbocycles. The lowest BCUT2D eigenvalue weighted by atomic mass is 10.1. The largest absolute Gasteiger partial charge is 0.370 e. The number of carbonyl (C=O) groups is 1. The molecule has 2 aromatic carbocycles. The molecule has 2 heterocycles. The van der Waals surface area contributed by atoms with Crippen molar-refractivity contribution in [2.45, 2.75) is 33.7 Å². The van der Waals surface area contributed by atoms with Crippen LogP contribution in [-0.4, -0.2) is 46.8 Å². The van der Waals surface area contributed by atoms with E-state index in [4.69, 9.17) is 0 Å². The molecule has 0 bridgehead atoms. The minimum Gasteiger partial charge on any atom is -0.370 e. The van der Waals surface area contributed by atoms with Crippen LogP contribution < -0.4 is 4.90 Å². The Labute approximate surface area is 178 Å². The minimum atomic E-state index is 0.107. The Hall–Kier alpha value is -3.08. The summed E-state index contributed by atoms with van der Waals surface area (Å²) >= 11 is 0. The van der Waals surface area contributed by atoms with E-state index in [1.165, 1.54) is 16.8 Å². The molecule has 1 saturated heterocycles. The maximum atomic E-state index is 13.4. The van der Waals surface area contributed by atoms with E-state index in [1.54, 1.807) is 0 Å². The molecule has 1 aliphatic rings. The number of anilines is 1. The SMILES string of the molecule is Cc1ccc(N2CCCN(C(=O)c3c(C)nn(Cc4ccccc4)c3C)CC2)cc1. The van der Waals surface area contributed by atoms with Gasteiger partial charge < -0.3 is 9.80 Å². The average Bonchev–Trinajstić information content (AvgIpc) is 2.91. The predicted octanol–water partition coefficient (Wildman–Crippen LogP) is 4.21. The minimum absolute atomic E-state index is 0.107. The van der Waals surface area contributed by atoms with Gasteiger partial charge in [0.05, 0.1) is 17.8 Å². The summed E-state index contributed by atoms with van der Waals surface area (Å²) in [5, 5.41) is 4.67. The second-order valence-corrected chi connectivity index (χ2v) is 8.16. The highest BCUT2D eigenvalue weighted by Crippen LogP contribution is 2.21. The van der Waals surface area contributed by atoms with Gasteiger partial charge in [-0.2, -0.15) is 5.10 Å². The van der Waals surface area contributed by atoms with E-state index in [-0.39, 0.29) is 5.91 Å². The van der Waals surface area contributed by atoms with E-state index in [1.807, 2.05) is 41.6 Å². The second kappa shape index (κ2) is 8.74. The van der Waals surface area contributed by atoms with E-state index in [2.05, 4.69) is 53.3 Å². The average molecular weight is 403 g/mol. The normalized spacial score (nSPS) is 14.6. The lowest BCUT2D eigenvalue weighted by Gasteiger charge is -2.24. The third-order valence-corrected chi connectivity index (χ3v) is 5.95. The fourth-order valence-electron chi connectivity index (χ4n) is 4.21. The number of hydrogen-bond acceptors (Lipinski definition) is 3. The van der Waals surface area contributed by atoms with Crippen LogP contribution in [0.5, 0.6) is 0 Å². The first-order valence-electron chi connectivity index (χ1n) is 10.7. The molecule has 0 unspecified atom stereocenters. The van der Waals surface area contributed by atoms with Crippen molar-refractivity contribution in [2.24, 2.45) is 0 Å². The standard InChI is InChI=1S/C25H30N4O/c1-19-10-12-23(13-11-19)27-14-7-15-28(17-16-27)25(30)24-20(2)26-29(21(24)3)18-22-8-5-4-6-9-22/h4-6,8-13H,7,14-18H2,1-3H3. The zero-order chi connectivity index (χ0) is 21.1. The molecule has 0 atom stereocenters. The maximum Gasteiger partial charge on any atom is 0.257 e. The number of aromatic nitrogens is 2. The molecule has 1 amide bonds. The van der Waals surface area contributed by atoms with Crippen molar-refractivity contribution in [3.8, 4) is 0 Å². The topological polar surface area (TPSA) is 41.4 Å². The summed E-state index contributed by atoms with van der Waals surface area (Å²) in [6, 6.07) is 18.9. The lowest BCUT2D eigenvalue weighted by molar-refractivity contribution is 0.0765. The Kier molecular flexibility index (Phi) is 5.88. The van der Waals surface area contributed by atoms with Crippen molar-refractivity contribution >= 4 is 11.6 Å². The Bertz CT molecular complexity index is 1010. The highest BCUT2D eigenvalue weighted by Gasteiger charge is 2.26. The molecule has 0 N–H and O–H groups in total. The molecule has 0 spiro atoms. The number of amides is 1. The third kappa shape index (κ3) is 4.25. The molecular formula is C25H30N4O. The monoisotopic (exact) mass is 402 g/mol. The van der Waals surface area contributed by atoms with Gasteiger partial charge in [0.2, 0.25) is 0 Å². The third-order valence-electron chi connectivity index (χ3n) is 5.95. The molecule has 30 heavy (non-hydrogen) atoms. The summed E-state index contributed by atoms with van der Waals surface area (Å²) in [5.41, 5.74) is 6.20. The van der Waals surface area contributed by atoms with Gasteiger partial charge in [-0.1, -0.05) is 48.0 Å². The van der Waals surface area contributed by atoms with Gasteiger partial charge >= 0.3 is 0 Å². The van der Waals surface area contributed by atoms with Gasteiger partial charge in [0, 0.05) is 37.6 Å². The van der Waals surface area contributed by atoms with Gasteiger partial charge in [-0.05, 0) is 44.9 Å². The summed E-state index contributed by atoms with van der Waals surface area (Å²) in [4.78, 5) is 17.8. The van der Waals surface area contributed by atoms with Gasteiger partial charge in [0.25, 0.3) is 5.91 Å². The summed E-state index contributed by atoms with van der Waals surface area (Å²) in [6.45, 7) is 10.1. The van der Waals surface area contributed by atoms with E-state index < -0.39 is 0 Å². The van der Waals surface area contributed by atoms with E-state index in [9.17, 15) is 4.79 Å². The van der Waals surface area contributed by atoms with Gasteiger partial charge in [0.1, 0.15) is 0 Å². The van der Waals surface area contributed by atoms with E-state index in [0.717, 1.165) is 49.6 Å². The number of aryl methyl sites for hydroxylation is 2. The molecule has 0 radical (unpaired) electrons.